The van der Waals surface area contributed by atoms with E-state index in [4.69, 9.17) is 16.3 Å². The third-order valence-electron chi connectivity index (χ3n) is 4.21. The van der Waals surface area contributed by atoms with Crippen molar-refractivity contribution >= 4 is 51.5 Å². The minimum Gasteiger partial charge on any atom is -0.462 e. The number of esters is 1. The van der Waals surface area contributed by atoms with Crippen molar-refractivity contribution in [3.63, 3.8) is 0 Å². The number of hydrogen-bond acceptors (Lipinski definition) is 6. The fourth-order valence-corrected chi connectivity index (χ4v) is 3.26. The Balaban J connectivity index is 2.26. The summed E-state index contributed by atoms with van der Waals surface area (Å²) in [6.45, 7) is 3.01. The summed E-state index contributed by atoms with van der Waals surface area (Å²) in [5.74, 6) is -1.76. The minimum atomic E-state index is -0.676. The van der Waals surface area contributed by atoms with E-state index >= 15 is 0 Å². The van der Waals surface area contributed by atoms with Crippen molar-refractivity contribution in [2.75, 3.05) is 11.9 Å². The second-order valence-corrected chi connectivity index (χ2v) is 6.73. The fourth-order valence-electron chi connectivity index (χ4n) is 3.04. The molecule has 0 fully saturated rings. The monoisotopic (exact) mass is 429 g/mol. The summed E-state index contributed by atoms with van der Waals surface area (Å²) in [5.41, 5.74) is 0.183. The molecule has 30 heavy (non-hydrogen) atoms. The molecule has 1 amide bonds. The van der Waals surface area contributed by atoms with E-state index in [9.17, 15) is 24.5 Å². The maximum absolute atomic E-state index is 13.1. The number of aromatic amines is 1. The van der Waals surface area contributed by atoms with Crippen LogP contribution in [0.25, 0.3) is 10.9 Å². The lowest BCUT2D eigenvalue weighted by Gasteiger charge is -2.08. The van der Waals surface area contributed by atoms with Gasteiger partial charge in [0.05, 0.1) is 28.3 Å². The van der Waals surface area contributed by atoms with E-state index in [2.05, 4.69) is 10.3 Å². The van der Waals surface area contributed by atoms with E-state index in [1.54, 1.807) is 6.92 Å². The molecule has 154 valence electrons. The van der Waals surface area contributed by atoms with Gasteiger partial charge in [-0.3, -0.25) is 19.7 Å². The number of ketones is 1. The highest BCUT2D eigenvalue weighted by atomic mass is 35.5. The largest absolute Gasteiger partial charge is 0.462 e. The SMILES string of the molecule is CCOC(=O)c1cc(Cl)cc2[nH]c(C(=O)c3cccc([N+](=O)[O-])c3)c(NC(C)=O)c12. The van der Waals surface area contributed by atoms with Crippen LogP contribution in [0, 0.1) is 10.1 Å². The lowest BCUT2D eigenvalue weighted by atomic mass is 10.0. The topological polar surface area (TPSA) is 131 Å². The zero-order valence-electron chi connectivity index (χ0n) is 15.9. The molecule has 10 heteroatoms. The highest BCUT2D eigenvalue weighted by molar-refractivity contribution is 6.33. The molecule has 2 N–H and O–H groups in total. The average Bonchev–Trinajstić information content (AvgIpc) is 3.04. The molecule has 0 atom stereocenters. The predicted molar refractivity (Wildman–Crippen MR) is 110 cm³/mol. The van der Waals surface area contributed by atoms with Gasteiger partial charge in [-0.1, -0.05) is 23.7 Å². The fraction of sp³-hybridized carbons (Fsp3) is 0.150. The number of non-ortho nitro benzene ring substituents is 1. The molecule has 0 aliphatic heterocycles. The Morgan fingerprint density at radius 3 is 2.60 bits per heavy atom. The van der Waals surface area contributed by atoms with Gasteiger partial charge in [0.25, 0.3) is 5.69 Å². The predicted octanol–water partition coefficient (Wildman–Crippen LogP) is 4.10. The molecule has 0 radical (unpaired) electrons. The molecule has 0 bridgehead atoms. The zero-order valence-corrected chi connectivity index (χ0v) is 16.7. The maximum Gasteiger partial charge on any atom is 0.338 e. The zero-order chi connectivity index (χ0) is 22.0. The number of nitro benzene ring substituents is 1. The molecular formula is C20H16ClN3O6. The van der Waals surface area contributed by atoms with Crippen LogP contribution in [0.2, 0.25) is 5.02 Å². The Morgan fingerprint density at radius 1 is 1.23 bits per heavy atom. The van der Waals surface area contributed by atoms with Gasteiger partial charge in [0.1, 0.15) is 5.69 Å². The van der Waals surface area contributed by atoms with Gasteiger partial charge in [-0.15, -0.1) is 0 Å². The number of ether oxygens (including phenoxy) is 1. The van der Waals surface area contributed by atoms with Crippen LogP contribution in [0.15, 0.2) is 36.4 Å². The van der Waals surface area contributed by atoms with Crippen LogP contribution in [-0.2, 0) is 9.53 Å². The van der Waals surface area contributed by atoms with E-state index in [1.165, 1.54) is 37.3 Å². The number of H-pyrrole nitrogens is 1. The molecule has 0 saturated heterocycles. The molecule has 1 heterocycles. The summed E-state index contributed by atoms with van der Waals surface area (Å²) in [6, 6.07) is 8.06. The minimum absolute atomic E-state index is 0.0335. The summed E-state index contributed by atoms with van der Waals surface area (Å²) in [5, 5.41) is 14.1. The molecule has 0 unspecified atom stereocenters. The standard InChI is InChI=1S/C20H16ClN3O6/c1-3-30-20(27)14-8-12(21)9-15-16(14)17(22-10(2)25)18(23-15)19(26)11-5-4-6-13(7-11)24(28)29/h4-9,23H,3H2,1-2H3,(H,22,25). The molecule has 3 aromatic rings. The van der Waals surface area contributed by atoms with Crippen molar-refractivity contribution in [2.24, 2.45) is 0 Å². The molecule has 0 spiro atoms. The lowest BCUT2D eigenvalue weighted by molar-refractivity contribution is -0.384. The van der Waals surface area contributed by atoms with E-state index < -0.39 is 22.6 Å². The molecule has 0 aliphatic carbocycles. The van der Waals surface area contributed by atoms with Crippen molar-refractivity contribution in [1.82, 2.24) is 4.98 Å². The van der Waals surface area contributed by atoms with Gasteiger partial charge in [-0.2, -0.15) is 0 Å². The van der Waals surface area contributed by atoms with Gasteiger partial charge in [0.2, 0.25) is 11.7 Å². The van der Waals surface area contributed by atoms with Gasteiger partial charge >= 0.3 is 5.97 Å². The van der Waals surface area contributed by atoms with Gasteiger partial charge in [-0.25, -0.2) is 4.79 Å². The number of carbonyl (C=O) groups is 3. The number of nitrogens with zero attached hydrogens (tertiary/aromatic N) is 1. The number of halogens is 1. The van der Waals surface area contributed by atoms with Crippen LogP contribution in [-0.4, -0.2) is 34.2 Å². The van der Waals surface area contributed by atoms with Crippen LogP contribution in [0.1, 0.15) is 40.3 Å². The Kier molecular flexibility index (Phi) is 5.84. The average molecular weight is 430 g/mol. The molecule has 0 aliphatic rings. The number of nitrogens with one attached hydrogen (secondary N) is 2. The number of benzene rings is 2. The third kappa shape index (κ3) is 4.01. The van der Waals surface area contributed by atoms with Gasteiger partial charge in [-0.05, 0) is 19.1 Å². The van der Waals surface area contributed by atoms with E-state index in [0.717, 1.165) is 6.07 Å². The number of carbonyl (C=O) groups excluding carboxylic acids is 3. The molecule has 3 rings (SSSR count). The number of aromatic nitrogens is 1. The van der Waals surface area contributed by atoms with E-state index in [-0.39, 0.29) is 45.2 Å². The van der Waals surface area contributed by atoms with Crippen LogP contribution >= 0.6 is 11.6 Å². The summed E-state index contributed by atoms with van der Waals surface area (Å²) in [6.07, 6.45) is 0. The smallest absolute Gasteiger partial charge is 0.338 e. The van der Waals surface area contributed by atoms with E-state index in [0.29, 0.717) is 5.52 Å². The number of hydrogen-bond donors (Lipinski definition) is 2. The van der Waals surface area contributed by atoms with Crippen LogP contribution < -0.4 is 5.32 Å². The maximum atomic E-state index is 13.1. The Morgan fingerprint density at radius 2 is 1.97 bits per heavy atom. The normalized spacial score (nSPS) is 10.6. The second kappa shape index (κ2) is 8.34. The molecular weight excluding hydrogens is 414 g/mol. The van der Waals surface area contributed by atoms with Crippen molar-refractivity contribution < 1.29 is 24.0 Å². The molecule has 1 aromatic heterocycles. The summed E-state index contributed by atoms with van der Waals surface area (Å²) in [4.78, 5) is 50.7. The van der Waals surface area contributed by atoms with Gasteiger partial charge in [0.15, 0.2) is 0 Å². The number of amides is 1. The first kappa shape index (κ1) is 21.0. The number of nitro groups is 1. The third-order valence-corrected chi connectivity index (χ3v) is 4.42. The molecule has 0 saturated carbocycles. The first-order valence-electron chi connectivity index (χ1n) is 8.82. The van der Waals surface area contributed by atoms with Gasteiger partial charge in [0, 0.05) is 35.0 Å². The second-order valence-electron chi connectivity index (χ2n) is 6.29. The quantitative estimate of drug-likeness (QED) is 0.262. The Bertz CT molecular complexity index is 1200. The van der Waals surface area contributed by atoms with Gasteiger partial charge < -0.3 is 15.0 Å². The number of rotatable bonds is 6. The highest BCUT2D eigenvalue weighted by Crippen LogP contribution is 2.35. The Labute approximate surface area is 175 Å². The first-order chi connectivity index (χ1) is 14.2. The van der Waals surface area contributed by atoms with Crippen molar-refractivity contribution in [3.05, 3.63) is 68.4 Å². The highest BCUT2D eigenvalue weighted by Gasteiger charge is 2.26. The summed E-state index contributed by atoms with van der Waals surface area (Å²) >= 11 is 6.11. The summed E-state index contributed by atoms with van der Waals surface area (Å²) in [7, 11) is 0. The number of anilines is 1. The van der Waals surface area contributed by atoms with Crippen molar-refractivity contribution in [3.8, 4) is 0 Å². The Hall–Kier alpha value is -3.72. The number of fused-ring (bicyclic) bond motifs is 1. The van der Waals surface area contributed by atoms with Crippen molar-refractivity contribution in [2.45, 2.75) is 13.8 Å². The molecule has 9 nitrogen and oxygen atoms in total. The van der Waals surface area contributed by atoms with E-state index in [1.807, 2.05) is 0 Å². The first-order valence-corrected chi connectivity index (χ1v) is 9.19. The summed E-state index contributed by atoms with van der Waals surface area (Å²) < 4.78 is 5.06. The van der Waals surface area contributed by atoms with Crippen molar-refractivity contribution in [1.29, 1.82) is 0 Å². The lowest BCUT2D eigenvalue weighted by Crippen LogP contribution is -2.12. The molecule has 2 aromatic carbocycles. The van der Waals surface area contributed by atoms with Crippen LogP contribution in [0.3, 0.4) is 0 Å². The van der Waals surface area contributed by atoms with Crippen LogP contribution in [0.4, 0.5) is 11.4 Å². The van der Waals surface area contributed by atoms with Crippen LogP contribution in [0.5, 0.6) is 0 Å².